The third-order valence-electron chi connectivity index (χ3n) is 6.71. The van der Waals surface area contributed by atoms with Crippen molar-refractivity contribution in [3.63, 3.8) is 0 Å². The summed E-state index contributed by atoms with van der Waals surface area (Å²) in [7, 11) is 1.47. The summed E-state index contributed by atoms with van der Waals surface area (Å²) in [6.45, 7) is 3.30. The molecule has 3 heterocycles. The number of aromatic hydroxyl groups is 1. The number of carbonyl (C=O) groups is 1. The lowest BCUT2D eigenvalue weighted by Gasteiger charge is -2.39. The average Bonchev–Trinajstić information content (AvgIpc) is 3.53. The largest absolute Gasteiger partial charge is 0.492 e. The van der Waals surface area contributed by atoms with Crippen LogP contribution in [0.4, 0.5) is 18.3 Å². The number of amides is 1. The SMILES string of the molecule is COCC(=O)N1CCN(c2nc(O)c(C(=Cc3ccc(Cl)cc3C(F)(F)F)c3ccc4[nH]ncc4c3)s2)[C@H](C)C1. The van der Waals surface area contributed by atoms with Gasteiger partial charge >= 0.3 is 6.18 Å². The molecule has 2 aromatic heterocycles. The van der Waals surface area contributed by atoms with E-state index in [1.54, 1.807) is 29.3 Å². The van der Waals surface area contributed by atoms with Gasteiger partial charge in [0.15, 0.2) is 5.13 Å². The Balaban J connectivity index is 1.58. The molecule has 1 saturated heterocycles. The third kappa shape index (κ3) is 5.65. The second-order valence-corrected chi connectivity index (χ2v) is 10.8. The molecule has 0 aliphatic carbocycles. The summed E-state index contributed by atoms with van der Waals surface area (Å²) in [6, 6.07) is 8.77. The minimum atomic E-state index is -4.65. The summed E-state index contributed by atoms with van der Waals surface area (Å²) in [5, 5.41) is 19.1. The van der Waals surface area contributed by atoms with E-state index in [0.29, 0.717) is 40.8 Å². The number of benzene rings is 2. The molecule has 1 amide bonds. The molecule has 1 fully saturated rings. The average molecular weight is 592 g/mol. The van der Waals surface area contributed by atoms with E-state index in [4.69, 9.17) is 16.3 Å². The molecule has 2 N–H and O–H groups in total. The Hall–Kier alpha value is -3.61. The van der Waals surface area contributed by atoms with Crippen molar-refractivity contribution >= 4 is 56.5 Å². The number of aromatic amines is 1. The van der Waals surface area contributed by atoms with Gasteiger partial charge in [0, 0.05) is 48.8 Å². The highest BCUT2D eigenvalue weighted by Gasteiger charge is 2.34. The summed E-state index contributed by atoms with van der Waals surface area (Å²) in [4.78, 5) is 20.7. The number of aromatic nitrogens is 3. The van der Waals surface area contributed by atoms with Crippen molar-refractivity contribution in [3.8, 4) is 5.88 Å². The minimum absolute atomic E-state index is 0.00528. The molecule has 1 atom stereocenters. The lowest BCUT2D eigenvalue weighted by atomic mass is 9.98. The van der Waals surface area contributed by atoms with Gasteiger partial charge in [-0.25, -0.2) is 0 Å². The Bertz CT molecular complexity index is 1590. The number of hydrogen-bond donors (Lipinski definition) is 2. The van der Waals surface area contributed by atoms with E-state index < -0.39 is 11.7 Å². The quantitative estimate of drug-likeness (QED) is 0.281. The first-order valence-corrected chi connectivity index (χ1v) is 13.5. The van der Waals surface area contributed by atoms with Crippen LogP contribution in [0.2, 0.25) is 5.02 Å². The van der Waals surface area contributed by atoms with Gasteiger partial charge in [0.05, 0.1) is 17.3 Å². The van der Waals surface area contributed by atoms with Crippen LogP contribution in [0.5, 0.6) is 5.88 Å². The first kappa shape index (κ1) is 27.9. The highest BCUT2D eigenvalue weighted by Crippen LogP contribution is 2.43. The molecule has 5 rings (SSSR count). The number of methoxy groups -OCH3 is 1. The van der Waals surface area contributed by atoms with E-state index in [1.807, 2.05) is 11.8 Å². The summed E-state index contributed by atoms with van der Waals surface area (Å²) in [5.41, 5.74) is 0.697. The summed E-state index contributed by atoms with van der Waals surface area (Å²) < 4.78 is 46.8. The van der Waals surface area contributed by atoms with E-state index >= 15 is 0 Å². The van der Waals surface area contributed by atoms with Crippen molar-refractivity contribution in [1.82, 2.24) is 20.1 Å². The molecule has 0 saturated carbocycles. The smallest absolute Gasteiger partial charge is 0.417 e. The van der Waals surface area contributed by atoms with Crippen molar-refractivity contribution in [3.05, 3.63) is 69.2 Å². The number of piperazine rings is 1. The lowest BCUT2D eigenvalue weighted by molar-refractivity contribution is -0.138. The molecule has 2 aromatic carbocycles. The summed E-state index contributed by atoms with van der Waals surface area (Å²) in [6.07, 6.45) is -1.64. The van der Waals surface area contributed by atoms with Crippen LogP contribution in [-0.4, -0.2) is 70.5 Å². The Labute approximate surface area is 236 Å². The molecular formula is C27H25ClF3N5O3S. The molecule has 0 unspecified atom stereocenters. The normalized spacial score (nSPS) is 16.6. The standard InChI is InChI=1S/C27H25ClF3N5O3S/c1-15-13-35(23(37)14-39-2)7-8-36(15)26-33-25(38)24(40-26)20(16-4-6-22-18(9-16)12-32-34-22)10-17-3-5-19(28)11-21(17)27(29,30)31/h3-6,9-12,15,38H,7-8,13-14H2,1-2H3,(H,32,34)/t15-/m1/s1. The Morgan fingerprint density at radius 2 is 2.08 bits per heavy atom. The van der Waals surface area contributed by atoms with Crippen molar-refractivity contribution < 1.29 is 27.8 Å². The number of carbonyl (C=O) groups excluding carboxylic acids is 1. The number of hydrogen-bond acceptors (Lipinski definition) is 7. The number of rotatable bonds is 6. The van der Waals surface area contributed by atoms with Gasteiger partial charge in [-0.05, 0) is 48.4 Å². The zero-order valence-corrected chi connectivity index (χ0v) is 23.1. The third-order valence-corrected chi connectivity index (χ3v) is 8.06. The molecule has 1 aliphatic rings. The molecule has 0 bridgehead atoms. The fourth-order valence-electron chi connectivity index (χ4n) is 4.73. The van der Waals surface area contributed by atoms with Crippen LogP contribution in [-0.2, 0) is 15.7 Å². The van der Waals surface area contributed by atoms with Gasteiger partial charge in [-0.1, -0.05) is 35.1 Å². The van der Waals surface area contributed by atoms with Crippen LogP contribution in [0.1, 0.15) is 28.5 Å². The number of anilines is 1. The molecule has 1 aliphatic heterocycles. The number of halogens is 4. The number of ether oxygens (including phenoxy) is 1. The molecule has 8 nitrogen and oxygen atoms in total. The molecule has 0 spiro atoms. The zero-order chi connectivity index (χ0) is 28.6. The molecule has 4 aromatic rings. The van der Waals surface area contributed by atoms with Gasteiger partial charge in [0.25, 0.3) is 0 Å². The maximum absolute atomic E-state index is 14.0. The van der Waals surface area contributed by atoms with Crippen LogP contribution in [0, 0.1) is 0 Å². The molecule has 40 heavy (non-hydrogen) atoms. The summed E-state index contributed by atoms with van der Waals surface area (Å²) in [5.74, 6) is -0.411. The second-order valence-electron chi connectivity index (χ2n) is 9.42. The Morgan fingerprint density at radius 3 is 2.80 bits per heavy atom. The van der Waals surface area contributed by atoms with Gasteiger partial charge in [0.2, 0.25) is 11.8 Å². The number of alkyl halides is 3. The fraction of sp³-hybridized carbons (Fsp3) is 0.296. The van der Waals surface area contributed by atoms with Gasteiger partial charge in [-0.3, -0.25) is 9.89 Å². The van der Waals surface area contributed by atoms with Crippen molar-refractivity contribution in [2.45, 2.75) is 19.1 Å². The number of nitrogens with one attached hydrogen (secondary N) is 1. The van der Waals surface area contributed by atoms with Crippen molar-refractivity contribution in [1.29, 1.82) is 0 Å². The van der Waals surface area contributed by atoms with Crippen LogP contribution in [0.3, 0.4) is 0 Å². The molecule has 0 radical (unpaired) electrons. The van der Waals surface area contributed by atoms with Crippen molar-refractivity contribution in [2.24, 2.45) is 0 Å². The predicted molar refractivity (Wildman–Crippen MR) is 149 cm³/mol. The highest BCUT2D eigenvalue weighted by atomic mass is 35.5. The fourth-order valence-corrected chi connectivity index (χ4v) is 6.03. The molecular weight excluding hydrogens is 567 g/mol. The predicted octanol–water partition coefficient (Wildman–Crippen LogP) is 5.67. The first-order valence-electron chi connectivity index (χ1n) is 12.3. The van der Waals surface area contributed by atoms with Crippen molar-refractivity contribution in [2.75, 3.05) is 38.3 Å². The topological polar surface area (TPSA) is 94.6 Å². The maximum atomic E-state index is 14.0. The van der Waals surface area contributed by atoms with Crippen LogP contribution in [0.15, 0.2) is 42.6 Å². The van der Waals surface area contributed by atoms with E-state index in [0.717, 1.165) is 17.0 Å². The number of fused-ring (bicyclic) bond motifs is 1. The van der Waals surface area contributed by atoms with E-state index in [9.17, 15) is 23.1 Å². The number of thiazole rings is 1. The van der Waals surface area contributed by atoms with Crippen LogP contribution >= 0.6 is 22.9 Å². The van der Waals surface area contributed by atoms with E-state index in [-0.39, 0.29) is 35.0 Å². The van der Waals surface area contributed by atoms with Crippen LogP contribution in [0.25, 0.3) is 22.6 Å². The monoisotopic (exact) mass is 591 g/mol. The second kappa shape index (κ2) is 11.1. The zero-order valence-electron chi connectivity index (χ0n) is 21.5. The van der Waals surface area contributed by atoms with Gasteiger partial charge in [-0.15, -0.1) is 0 Å². The number of H-pyrrole nitrogens is 1. The summed E-state index contributed by atoms with van der Waals surface area (Å²) >= 11 is 7.08. The molecule has 210 valence electrons. The number of nitrogens with zero attached hydrogens (tertiary/aromatic N) is 4. The van der Waals surface area contributed by atoms with Gasteiger partial charge in [0.1, 0.15) is 11.5 Å². The van der Waals surface area contributed by atoms with Gasteiger partial charge in [-0.2, -0.15) is 23.3 Å². The maximum Gasteiger partial charge on any atom is 0.417 e. The van der Waals surface area contributed by atoms with E-state index in [2.05, 4.69) is 15.2 Å². The minimum Gasteiger partial charge on any atom is -0.492 e. The Morgan fingerprint density at radius 1 is 1.27 bits per heavy atom. The lowest BCUT2D eigenvalue weighted by Crippen LogP contribution is -2.54. The van der Waals surface area contributed by atoms with Crippen LogP contribution < -0.4 is 4.90 Å². The van der Waals surface area contributed by atoms with Gasteiger partial charge < -0.3 is 19.6 Å². The highest BCUT2D eigenvalue weighted by molar-refractivity contribution is 7.17. The van der Waals surface area contributed by atoms with E-state index in [1.165, 1.54) is 36.7 Å². The first-order chi connectivity index (χ1) is 19.0. The molecule has 13 heteroatoms. The Kier molecular flexibility index (Phi) is 7.76.